The van der Waals surface area contributed by atoms with Gasteiger partial charge >= 0.3 is 0 Å². The highest BCUT2D eigenvalue weighted by Gasteiger charge is 2.20. The molecule has 0 saturated carbocycles. The molecule has 0 aliphatic carbocycles. The van der Waals surface area contributed by atoms with Crippen LogP contribution >= 0.6 is 11.3 Å². The summed E-state index contributed by atoms with van der Waals surface area (Å²) in [4.78, 5) is 15.7. The van der Waals surface area contributed by atoms with Crippen LogP contribution in [0.3, 0.4) is 0 Å². The van der Waals surface area contributed by atoms with Gasteiger partial charge in [-0.25, -0.2) is 15.0 Å². The molecule has 0 fully saturated rings. The number of aryl methyl sites for hydroxylation is 1. The largest absolute Gasteiger partial charge is 0.456 e. The molecule has 51 heavy (non-hydrogen) atoms. The van der Waals surface area contributed by atoms with Crippen LogP contribution in [0.25, 0.3) is 98.5 Å². The zero-order valence-electron chi connectivity index (χ0n) is 27.7. The molecule has 0 saturated heterocycles. The van der Waals surface area contributed by atoms with Gasteiger partial charge in [0.05, 0.1) is 0 Å². The van der Waals surface area contributed by atoms with Crippen LogP contribution in [0.2, 0.25) is 0 Å². The fourth-order valence-corrected chi connectivity index (χ4v) is 8.40. The number of hydrogen-bond acceptors (Lipinski definition) is 5. The molecular formula is C46H29N3OS. The summed E-state index contributed by atoms with van der Waals surface area (Å²) in [6, 6.07) is 54.9. The number of rotatable bonds is 5. The molecule has 0 aliphatic heterocycles. The lowest BCUT2D eigenvalue weighted by Crippen LogP contribution is -2.01. The monoisotopic (exact) mass is 671 g/mol. The first-order chi connectivity index (χ1) is 25.2. The molecule has 5 heteroatoms. The van der Waals surface area contributed by atoms with E-state index in [9.17, 15) is 0 Å². The summed E-state index contributed by atoms with van der Waals surface area (Å²) in [5, 5.41) is 4.52. The van der Waals surface area contributed by atoms with Crippen LogP contribution in [-0.2, 0) is 0 Å². The van der Waals surface area contributed by atoms with E-state index >= 15 is 0 Å². The molecule has 3 aromatic heterocycles. The van der Waals surface area contributed by atoms with E-state index in [4.69, 9.17) is 19.4 Å². The number of nitrogens with zero attached hydrogens (tertiary/aromatic N) is 3. The van der Waals surface area contributed by atoms with Crippen molar-refractivity contribution in [3.63, 3.8) is 0 Å². The summed E-state index contributed by atoms with van der Waals surface area (Å²) in [6.45, 7) is 2.12. The number of fused-ring (bicyclic) bond motifs is 6. The lowest BCUT2D eigenvalue weighted by Gasteiger charge is -2.13. The Balaban J connectivity index is 1.21. The third-order valence-corrected chi connectivity index (χ3v) is 10.8. The summed E-state index contributed by atoms with van der Waals surface area (Å²) in [5.74, 6) is 1.86. The Kier molecular flexibility index (Phi) is 6.86. The van der Waals surface area contributed by atoms with E-state index in [0.717, 1.165) is 66.3 Å². The highest BCUT2D eigenvalue weighted by atomic mass is 32.1. The van der Waals surface area contributed by atoms with E-state index in [-0.39, 0.29) is 0 Å². The van der Waals surface area contributed by atoms with Crippen molar-refractivity contribution in [1.29, 1.82) is 0 Å². The first kappa shape index (κ1) is 29.5. The van der Waals surface area contributed by atoms with Gasteiger partial charge in [0.1, 0.15) is 11.2 Å². The minimum Gasteiger partial charge on any atom is -0.456 e. The standard InChI is InChI=1S/C46H29N3OS/c1-28-12-9-15-30(26-28)32-16-5-6-17-34(32)45-47-44(48-46(49-45)37-20-11-23-41-43(37)36-18-7-8-22-40(36)51-41)31-24-25-35-39(27-31)50-38-21-10-19-33(42(35)38)29-13-3-2-4-14-29/h2-27H,1H3. The topological polar surface area (TPSA) is 51.8 Å². The van der Waals surface area contributed by atoms with Crippen molar-refractivity contribution in [2.75, 3.05) is 0 Å². The third kappa shape index (κ3) is 5.01. The zero-order chi connectivity index (χ0) is 33.9. The van der Waals surface area contributed by atoms with Crippen LogP contribution < -0.4 is 0 Å². The molecule has 10 aromatic rings. The molecule has 7 aromatic carbocycles. The van der Waals surface area contributed by atoms with Crippen LogP contribution in [-0.4, -0.2) is 15.0 Å². The first-order valence-corrected chi connectivity index (χ1v) is 17.8. The van der Waals surface area contributed by atoms with Gasteiger partial charge in [-0.05, 0) is 59.5 Å². The lowest BCUT2D eigenvalue weighted by molar-refractivity contribution is 0.669. The first-order valence-electron chi connectivity index (χ1n) is 17.0. The normalized spacial score (nSPS) is 11.6. The second kappa shape index (κ2) is 11.9. The molecule has 0 atom stereocenters. The summed E-state index contributed by atoms with van der Waals surface area (Å²) < 4.78 is 8.96. The molecule has 0 amide bonds. The molecule has 240 valence electrons. The molecule has 4 nitrogen and oxygen atoms in total. The van der Waals surface area contributed by atoms with Crippen LogP contribution in [0.1, 0.15) is 5.56 Å². The van der Waals surface area contributed by atoms with E-state index in [1.165, 1.54) is 20.3 Å². The fourth-order valence-electron chi connectivity index (χ4n) is 7.27. The van der Waals surface area contributed by atoms with Crippen molar-refractivity contribution in [2.24, 2.45) is 0 Å². The maximum Gasteiger partial charge on any atom is 0.164 e. The van der Waals surface area contributed by atoms with Crippen LogP contribution in [0, 0.1) is 6.92 Å². The second-order valence-corrected chi connectivity index (χ2v) is 13.9. The maximum atomic E-state index is 6.52. The van der Waals surface area contributed by atoms with Crippen LogP contribution in [0.15, 0.2) is 162 Å². The average molecular weight is 672 g/mol. The fraction of sp³-hybridized carbons (Fsp3) is 0.0217. The Hall–Kier alpha value is -6.43. The zero-order valence-corrected chi connectivity index (χ0v) is 28.5. The van der Waals surface area contributed by atoms with E-state index < -0.39 is 0 Å². The molecule has 3 heterocycles. The molecular weight excluding hydrogens is 643 g/mol. The number of hydrogen-bond donors (Lipinski definition) is 0. The SMILES string of the molecule is Cc1cccc(-c2ccccc2-c2nc(-c3ccc4c(c3)oc3cccc(-c5ccccc5)c34)nc(-c3cccc4sc5ccccc5c34)n2)c1. The van der Waals surface area contributed by atoms with Gasteiger partial charge < -0.3 is 4.42 Å². The van der Waals surface area contributed by atoms with Crippen molar-refractivity contribution in [3.05, 3.63) is 163 Å². The highest BCUT2D eigenvalue weighted by Crippen LogP contribution is 2.41. The van der Waals surface area contributed by atoms with Gasteiger partial charge in [-0.1, -0.05) is 133 Å². The van der Waals surface area contributed by atoms with E-state index in [0.29, 0.717) is 17.5 Å². The summed E-state index contributed by atoms with van der Waals surface area (Å²) >= 11 is 1.79. The van der Waals surface area contributed by atoms with Crippen LogP contribution in [0.5, 0.6) is 0 Å². The predicted molar refractivity (Wildman–Crippen MR) is 212 cm³/mol. The van der Waals surface area contributed by atoms with Gasteiger partial charge in [0.15, 0.2) is 17.5 Å². The summed E-state index contributed by atoms with van der Waals surface area (Å²) in [6.07, 6.45) is 0. The van der Waals surface area contributed by atoms with Gasteiger partial charge in [-0.15, -0.1) is 11.3 Å². The minimum atomic E-state index is 0.594. The Labute approximate surface area is 298 Å². The lowest BCUT2D eigenvalue weighted by atomic mass is 9.97. The number of thiophene rings is 1. The van der Waals surface area contributed by atoms with Gasteiger partial charge in [0.25, 0.3) is 0 Å². The molecule has 0 radical (unpaired) electrons. The van der Waals surface area contributed by atoms with E-state index in [2.05, 4.69) is 153 Å². The van der Waals surface area contributed by atoms with Crippen molar-refractivity contribution in [2.45, 2.75) is 6.92 Å². The van der Waals surface area contributed by atoms with Crippen LogP contribution in [0.4, 0.5) is 0 Å². The Morgan fingerprint density at radius 2 is 1.08 bits per heavy atom. The van der Waals surface area contributed by atoms with Crippen molar-refractivity contribution < 1.29 is 4.42 Å². The summed E-state index contributed by atoms with van der Waals surface area (Å²) in [7, 11) is 0. The van der Waals surface area contributed by atoms with Gasteiger partial charge in [-0.2, -0.15) is 0 Å². The molecule has 0 aliphatic rings. The Morgan fingerprint density at radius 1 is 0.412 bits per heavy atom. The molecule has 10 rings (SSSR count). The Morgan fingerprint density at radius 3 is 1.96 bits per heavy atom. The van der Waals surface area contributed by atoms with Crippen molar-refractivity contribution >= 4 is 53.4 Å². The highest BCUT2D eigenvalue weighted by molar-refractivity contribution is 7.25. The molecule has 0 unspecified atom stereocenters. The number of aromatic nitrogens is 3. The van der Waals surface area contributed by atoms with Gasteiger partial charge in [0, 0.05) is 47.6 Å². The van der Waals surface area contributed by atoms with Gasteiger partial charge in [-0.3, -0.25) is 0 Å². The smallest absolute Gasteiger partial charge is 0.164 e. The summed E-state index contributed by atoms with van der Waals surface area (Å²) in [5.41, 5.74) is 10.1. The second-order valence-electron chi connectivity index (χ2n) is 12.9. The van der Waals surface area contributed by atoms with E-state index in [1.807, 2.05) is 12.1 Å². The minimum absolute atomic E-state index is 0.594. The average Bonchev–Trinajstić information content (AvgIpc) is 3.76. The van der Waals surface area contributed by atoms with Crippen molar-refractivity contribution in [3.8, 4) is 56.4 Å². The quantitative estimate of drug-likeness (QED) is 0.183. The maximum absolute atomic E-state index is 6.52. The van der Waals surface area contributed by atoms with Crippen molar-refractivity contribution in [1.82, 2.24) is 15.0 Å². The molecule has 0 spiro atoms. The van der Waals surface area contributed by atoms with E-state index in [1.54, 1.807) is 11.3 Å². The number of furan rings is 1. The Bertz CT molecular complexity index is 2940. The molecule has 0 bridgehead atoms. The predicted octanol–water partition coefficient (Wildman–Crippen LogP) is 12.8. The van der Waals surface area contributed by atoms with Gasteiger partial charge in [0.2, 0.25) is 0 Å². The molecule has 0 N–H and O–H groups in total. The number of benzene rings is 7. The third-order valence-electron chi connectivity index (χ3n) is 9.62.